The lowest BCUT2D eigenvalue weighted by atomic mass is 9.94. The van der Waals surface area contributed by atoms with E-state index in [9.17, 15) is 41.1 Å². The molecule has 0 aromatic rings. The summed E-state index contributed by atoms with van der Waals surface area (Å²) in [6, 6.07) is -1.73. The van der Waals surface area contributed by atoms with Gasteiger partial charge < -0.3 is 14.9 Å². The molecule has 12 heteroatoms. The van der Waals surface area contributed by atoms with Gasteiger partial charge in [0.2, 0.25) is 11.8 Å². The minimum atomic E-state index is -4.60. The Morgan fingerprint density at radius 2 is 2.00 bits per heavy atom. The molecule has 3 fully saturated rings. The van der Waals surface area contributed by atoms with Crippen LogP contribution in [0.2, 0.25) is 0 Å². The number of aliphatic carboxylic acids is 1. The van der Waals surface area contributed by atoms with E-state index in [0.29, 0.717) is 4.90 Å². The molecule has 0 aliphatic carbocycles. The van der Waals surface area contributed by atoms with Crippen LogP contribution in [0.1, 0.15) is 19.8 Å². The van der Waals surface area contributed by atoms with Crippen molar-refractivity contribution in [2.45, 2.75) is 42.1 Å². The second-order valence-corrected chi connectivity index (χ2v) is 9.20. The Labute approximate surface area is 146 Å². The summed E-state index contributed by atoms with van der Waals surface area (Å²) in [5.74, 6) is -3.17. The van der Waals surface area contributed by atoms with Crippen LogP contribution in [-0.4, -0.2) is 76.5 Å². The number of carboxylic acids is 1. The lowest BCUT2D eigenvalue weighted by molar-refractivity contribution is -0.157. The Balaban J connectivity index is 1.99. The zero-order valence-electron chi connectivity index (χ0n) is 13.5. The van der Waals surface area contributed by atoms with E-state index < -0.39 is 56.5 Å². The van der Waals surface area contributed by atoms with Crippen LogP contribution < -0.4 is 0 Å². The van der Waals surface area contributed by atoms with Crippen LogP contribution in [0.25, 0.3) is 0 Å². The van der Waals surface area contributed by atoms with Gasteiger partial charge in [-0.1, -0.05) is 6.08 Å². The predicted molar refractivity (Wildman–Crippen MR) is 79.3 cm³/mol. The second-order valence-electron chi connectivity index (χ2n) is 6.69. The highest BCUT2D eigenvalue weighted by molar-refractivity contribution is 7.94. The van der Waals surface area contributed by atoms with Gasteiger partial charge in [0.1, 0.15) is 16.7 Å². The number of fused-ring (bicyclic) bond motifs is 1. The van der Waals surface area contributed by atoms with Crippen LogP contribution in [0, 0.1) is 0 Å². The molecule has 3 saturated heterocycles. The highest BCUT2D eigenvalue weighted by Gasteiger charge is 2.69. The highest BCUT2D eigenvalue weighted by Crippen LogP contribution is 2.47. The van der Waals surface area contributed by atoms with Crippen LogP contribution in [0.4, 0.5) is 13.2 Å². The van der Waals surface area contributed by atoms with Crippen molar-refractivity contribution in [3.8, 4) is 0 Å². The van der Waals surface area contributed by atoms with Gasteiger partial charge in [-0.05, 0) is 13.3 Å². The Bertz CT molecular complexity index is 836. The lowest BCUT2D eigenvalue weighted by Crippen LogP contribution is -2.57. The number of carbonyl (C=O) groups is 3. The van der Waals surface area contributed by atoms with Crippen LogP contribution >= 0.6 is 0 Å². The van der Waals surface area contributed by atoms with Gasteiger partial charge >= 0.3 is 12.1 Å². The zero-order valence-corrected chi connectivity index (χ0v) is 14.3. The SMILES string of the molecule is C[C@]1(C=C2CCN(CC(F)(F)F)C2=O)[C@H](C(=O)O)N2C(=O)CC2S1(=O)=O. The monoisotopic (exact) mass is 396 g/mol. The van der Waals surface area contributed by atoms with Crippen molar-refractivity contribution in [3.05, 3.63) is 11.6 Å². The molecule has 3 atom stereocenters. The summed E-state index contributed by atoms with van der Waals surface area (Å²) in [5.41, 5.74) is -0.193. The maximum Gasteiger partial charge on any atom is 0.406 e. The summed E-state index contributed by atoms with van der Waals surface area (Å²) in [6.07, 6.45) is -4.16. The number of carboxylic acid groups (broad SMARTS) is 1. The van der Waals surface area contributed by atoms with Gasteiger partial charge in [0.25, 0.3) is 0 Å². The number of nitrogens with zero attached hydrogens (tertiary/aromatic N) is 2. The fourth-order valence-corrected chi connectivity index (χ4v) is 6.05. The largest absolute Gasteiger partial charge is 0.480 e. The third-order valence-electron chi connectivity index (χ3n) is 5.02. The summed E-state index contributed by atoms with van der Waals surface area (Å²) in [5, 5.41) is 8.14. The van der Waals surface area contributed by atoms with Gasteiger partial charge in [0.05, 0.1) is 6.42 Å². The molecule has 3 heterocycles. The molecule has 3 rings (SSSR count). The number of amides is 2. The molecule has 0 aromatic carbocycles. The van der Waals surface area contributed by atoms with Gasteiger partial charge in [-0.15, -0.1) is 0 Å². The third kappa shape index (κ3) is 2.49. The van der Waals surface area contributed by atoms with Crippen molar-refractivity contribution in [3.63, 3.8) is 0 Å². The normalized spacial score (nSPS) is 35.0. The summed E-state index contributed by atoms with van der Waals surface area (Å²) in [7, 11) is -4.16. The van der Waals surface area contributed by atoms with Gasteiger partial charge in [0, 0.05) is 12.1 Å². The number of rotatable bonds is 3. The van der Waals surface area contributed by atoms with Crippen molar-refractivity contribution in [2.75, 3.05) is 13.1 Å². The Kier molecular flexibility index (Phi) is 3.91. The number of carbonyl (C=O) groups excluding carboxylic acids is 2. The number of likely N-dealkylation sites (tertiary alicyclic amines) is 1. The summed E-state index contributed by atoms with van der Waals surface area (Å²) in [6.45, 7) is -0.633. The molecule has 0 aromatic heterocycles. The van der Waals surface area contributed by atoms with Crippen LogP contribution in [0.3, 0.4) is 0 Å². The van der Waals surface area contributed by atoms with Crippen molar-refractivity contribution in [2.24, 2.45) is 0 Å². The van der Waals surface area contributed by atoms with Gasteiger partial charge in [-0.2, -0.15) is 13.2 Å². The number of hydrogen-bond acceptors (Lipinski definition) is 5. The Hall–Kier alpha value is -2.11. The van der Waals surface area contributed by atoms with Crippen LogP contribution in [-0.2, 0) is 24.2 Å². The first-order valence-corrected chi connectivity index (χ1v) is 9.19. The molecule has 144 valence electrons. The summed E-state index contributed by atoms with van der Waals surface area (Å²) < 4.78 is 60.9. The minimum absolute atomic E-state index is 0.134. The molecule has 1 unspecified atom stereocenters. The van der Waals surface area contributed by atoms with E-state index in [4.69, 9.17) is 0 Å². The van der Waals surface area contributed by atoms with E-state index >= 15 is 0 Å². The maximum absolute atomic E-state index is 12.7. The smallest absolute Gasteiger partial charge is 0.406 e. The molecule has 2 amide bonds. The fourth-order valence-electron chi connectivity index (χ4n) is 3.73. The first-order chi connectivity index (χ1) is 11.8. The van der Waals surface area contributed by atoms with E-state index in [1.165, 1.54) is 0 Å². The van der Waals surface area contributed by atoms with Gasteiger partial charge in [0.15, 0.2) is 15.9 Å². The average molecular weight is 396 g/mol. The molecule has 26 heavy (non-hydrogen) atoms. The minimum Gasteiger partial charge on any atom is -0.480 e. The summed E-state index contributed by atoms with van der Waals surface area (Å²) >= 11 is 0. The highest BCUT2D eigenvalue weighted by atomic mass is 32.2. The van der Waals surface area contributed by atoms with Crippen molar-refractivity contribution >= 4 is 27.6 Å². The van der Waals surface area contributed by atoms with Gasteiger partial charge in [-0.3, -0.25) is 9.59 Å². The third-order valence-corrected chi connectivity index (χ3v) is 7.70. The number of sulfone groups is 1. The molecular weight excluding hydrogens is 381 g/mol. The molecule has 0 bridgehead atoms. The lowest BCUT2D eigenvalue weighted by Gasteiger charge is -2.35. The molecule has 0 radical (unpaired) electrons. The van der Waals surface area contributed by atoms with Crippen molar-refractivity contribution in [1.82, 2.24) is 9.80 Å². The average Bonchev–Trinajstić information content (AvgIpc) is 2.86. The van der Waals surface area contributed by atoms with E-state index in [-0.39, 0.29) is 25.0 Å². The van der Waals surface area contributed by atoms with E-state index in [1.807, 2.05) is 0 Å². The first kappa shape index (κ1) is 18.7. The van der Waals surface area contributed by atoms with Crippen molar-refractivity contribution < 1.29 is 41.1 Å². The predicted octanol–water partition coefficient (Wildman–Crippen LogP) is -0.0939. The van der Waals surface area contributed by atoms with Crippen molar-refractivity contribution in [1.29, 1.82) is 0 Å². The van der Waals surface area contributed by atoms with E-state index in [1.54, 1.807) is 0 Å². The number of halogens is 3. The van der Waals surface area contributed by atoms with Crippen LogP contribution in [0.5, 0.6) is 0 Å². The molecule has 3 aliphatic heterocycles. The molecule has 1 N–H and O–H groups in total. The number of β-lactam (4-membered cyclic amide) rings is 1. The first-order valence-electron chi connectivity index (χ1n) is 7.65. The molecule has 3 aliphatic rings. The molecule has 0 spiro atoms. The maximum atomic E-state index is 12.7. The molecular formula is C14H15F3N2O6S. The quantitative estimate of drug-likeness (QED) is 0.527. The number of hydrogen-bond donors (Lipinski definition) is 1. The van der Waals surface area contributed by atoms with Crippen LogP contribution in [0.15, 0.2) is 11.6 Å². The second kappa shape index (κ2) is 5.44. The summed E-state index contributed by atoms with van der Waals surface area (Å²) in [4.78, 5) is 36.8. The Morgan fingerprint density at radius 3 is 2.50 bits per heavy atom. The Morgan fingerprint density at radius 1 is 1.38 bits per heavy atom. The van der Waals surface area contributed by atoms with Gasteiger partial charge in [-0.25, -0.2) is 13.2 Å². The topological polar surface area (TPSA) is 112 Å². The fraction of sp³-hybridized carbons (Fsp3) is 0.643. The van der Waals surface area contributed by atoms with E-state index in [0.717, 1.165) is 17.9 Å². The molecule has 8 nitrogen and oxygen atoms in total. The zero-order chi connectivity index (χ0) is 19.7. The standard InChI is InChI=1S/C14H15F3N2O6S/c1-13(5-7-2-3-18(11(7)21)6-14(15,16)17)10(12(22)23)19-8(20)4-9(19)26(13,24)25/h5,9-10H,2-4,6H2,1H3,(H,22,23)/t9?,10-,13-/m0/s1. The van der Waals surface area contributed by atoms with E-state index in [2.05, 4.69) is 0 Å². The molecule has 0 saturated carbocycles. The number of alkyl halides is 3.